The molecule has 0 saturated heterocycles. The van der Waals surface area contributed by atoms with Gasteiger partial charge in [0.1, 0.15) is 13.3 Å². The van der Waals surface area contributed by atoms with Gasteiger partial charge in [-0.05, 0) is 6.07 Å². The van der Waals surface area contributed by atoms with Gasteiger partial charge in [-0.25, -0.2) is 10.2 Å². The number of aromatic nitrogens is 1. The molecule has 1 aromatic rings. The number of carbonyl (C=O) groups excluding carboxylic acids is 1. The Hall–Kier alpha value is -2.11. The lowest BCUT2D eigenvalue weighted by Gasteiger charge is -1.95. The average molecular weight is 195 g/mol. The van der Waals surface area contributed by atoms with Gasteiger partial charge in [-0.1, -0.05) is 0 Å². The summed E-state index contributed by atoms with van der Waals surface area (Å²) in [7, 11) is 1.74. The number of rotatable bonds is 2. The van der Waals surface area contributed by atoms with Crippen molar-refractivity contribution in [1.82, 2.24) is 5.43 Å². The highest BCUT2D eigenvalue weighted by atomic mass is 16.3. The second-order valence-electron chi connectivity index (χ2n) is 2.62. The zero-order chi connectivity index (χ0) is 10.6. The highest BCUT2D eigenvalue weighted by Gasteiger charge is 2.08. The molecule has 1 aromatic heterocycles. The Balaban J connectivity index is 2.85. The van der Waals surface area contributed by atoms with E-state index in [-0.39, 0.29) is 5.75 Å². The van der Waals surface area contributed by atoms with Gasteiger partial charge in [0.2, 0.25) is 0 Å². The number of aromatic hydroxyl groups is 1. The zero-order valence-electron chi connectivity index (χ0n) is 7.64. The number of nitrogens with zero attached hydrogens (tertiary/aromatic N) is 2. The maximum atomic E-state index is 10.3. The molecule has 2 amide bonds. The average Bonchev–Trinajstić information content (AvgIpc) is 2.09. The van der Waals surface area contributed by atoms with Crippen molar-refractivity contribution in [2.45, 2.75) is 0 Å². The van der Waals surface area contributed by atoms with Crippen LogP contribution in [-0.4, -0.2) is 17.4 Å². The Morgan fingerprint density at radius 3 is 3.07 bits per heavy atom. The third-order valence-corrected chi connectivity index (χ3v) is 1.57. The molecule has 6 nitrogen and oxygen atoms in total. The maximum Gasteiger partial charge on any atom is 0.332 e. The lowest BCUT2D eigenvalue weighted by Crippen LogP contribution is -2.33. The van der Waals surface area contributed by atoms with Crippen LogP contribution in [0.25, 0.3) is 0 Å². The molecule has 0 bridgehead atoms. The number of nitrogens with two attached hydrogens (primary N) is 1. The number of hydrogen-bond acceptors (Lipinski definition) is 3. The van der Waals surface area contributed by atoms with Crippen molar-refractivity contribution in [3.05, 3.63) is 24.0 Å². The number of pyridine rings is 1. The van der Waals surface area contributed by atoms with Crippen LogP contribution in [0.15, 0.2) is 23.4 Å². The van der Waals surface area contributed by atoms with Crippen molar-refractivity contribution in [2.24, 2.45) is 17.9 Å². The molecule has 14 heavy (non-hydrogen) atoms. The van der Waals surface area contributed by atoms with E-state index in [4.69, 9.17) is 5.73 Å². The highest BCUT2D eigenvalue weighted by molar-refractivity contribution is 5.80. The minimum Gasteiger partial charge on any atom is -0.502 e. The van der Waals surface area contributed by atoms with Crippen molar-refractivity contribution in [2.75, 3.05) is 0 Å². The fourth-order valence-electron chi connectivity index (χ4n) is 0.924. The number of hydrogen-bond donors (Lipinski definition) is 3. The van der Waals surface area contributed by atoms with E-state index in [1.807, 2.05) is 5.43 Å². The summed E-state index contributed by atoms with van der Waals surface area (Å²) in [6.45, 7) is 0. The van der Waals surface area contributed by atoms with Gasteiger partial charge in [-0.2, -0.15) is 9.67 Å². The van der Waals surface area contributed by atoms with Crippen LogP contribution in [0.4, 0.5) is 4.79 Å². The van der Waals surface area contributed by atoms with Crippen LogP contribution < -0.4 is 15.7 Å². The van der Waals surface area contributed by atoms with E-state index in [0.29, 0.717) is 5.69 Å². The highest BCUT2D eigenvalue weighted by Crippen LogP contribution is 2.07. The molecule has 0 aliphatic rings. The Morgan fingerprint density at radius 2 is 2.50 bits per heavy atom. The van der Waals surface area contributed by atoms with Crippen LogP contribution in [-0.2, 0) is 7.05 Å². The molecule has 0 radical (unpaired) electrons. The second-order valence-corrected chi connectivity index (χ2v) is 2.62. The molecule has 0 fully saturated rings. The van der Waals surface area contributed by atoms with Crippen LogP contribution in [0.3, 0.4) is 0 Å². The summed E-state index contributed by atoms with van der Waals surface area (Å²) < 4.78 is 1.65. The van der Waals surface area contributed by atoms with Gasteiger partial charge in [0.15, 0.2) is 11.9 Å². The molecule has 6 heteroatoms. The van der Waals surface area contributed by atoms with Gasteiger partial charge >= 0.3 is 6.03 Å². The largest absolute Gasteiger partial charge is 0.502 e. The molecule has 4 N–H and O–H groups in total. The predicted octanol–water partition coefficient (Wildman–Crippen LogP) is -0.781. The van der Waals surface area contributed by atoms with E-state index in [1.165, 1.54) is 12.3 Å². The molecule has 1 rings (SSSR count). The molecule has 0 aliphatic carbocycles. The van der Waals surface area contributed by atoms with Crippen molar-refractivity contribution >= 4 is 12.2 Å². The molecule has 0 unspecified atom stereocenters. The van der Waals surface area contributed by atoms with Crippen LogP contribution in [0.2, 0.25) is 0 Å². The molecule has 0 aliphatic heterocycles. The number of carbonyl (C=O) groups is 1. The lowest BCUT2D eigenvalue weighted by atomic mass is 10.3. The normalized spacial score (nSPS) is 10.4. The van der Waals surface area contributed by atoms with Gasteiger partial charge in [-0.3, -0.25) is 0 Å². The Bertz CT molecular complexity index is 355. The molecule has 1 heterocycles. The SMILES string of the molecule is C[n+]1cccc(O)c1/C=N/NC(N)=O. The Morgan fingerprint density at radius 1 is 1.79 bits per heavy atom. The second kappa shape index (κ2) is 4.22. The first-order valence-corrected chi connectivity index (χ1v) is 3.87. The van der Waals surface area contributed by atoms with Gasteiger partial charge in [0, 0.05) is 6.07 Å². The van der Waals surface area contributed by atoms with Crippen molar-refractivity contribution in [1.29, 1.82) is 0 Å². The first kappa shape index (κ1) is 9.97. The van der Waals surface area contributed by atoms with Crippen LogP contribution in [0.5, 0.6) is 5.75 Å². The summed E-state index contributed by atoms with van der Waals surface area (Å²) >= 11 is 0. The van der Waals surface area contributed by atoms with Gasteiger partial charge < -0.3 is 10.8 Å². The molecular weight excluding hydrogens is 184 g/mol. The molecule has 0 aromatic carbocycles. The summed E-state index contributed by atoms with van der Waals surface area (Å²) in [5, 5.41) is 12.9. The number of nitrogens with one attached hydrogen (secondary N) is 1. The number of primary amides is 1. The number of urea groups is 1. The number of aryl methyl sites for hydroxylation is 1. The van der Waals surface area contributed by atoms with Crippen LogP contribution in [0.1, 0.15) is 5.69 Å². The molecule has 0 atom stereocenters. The van der Waals surface area contributed by atoms with E-state index in [9.17, 15) is 9.90 Å². The summed E-state index contributed by atoms with van der Waals surface area (Å²) in [5.41, 5.74) is 7.31. The van der Waals surface area contributed by atoms with Crippen LogP contribution >= 0.6 is 0 Å². The maximum absolute atomic E-state index is 10.3. The molecule has 0 spiro atoms. The van der Waals surface area contributed by atoms with Crippen LogP contribution in [0, 0.1) is 0 Å². The van der Waals surface area contributed by atoms with Crippen molar-refractivity contribution in [3.8, 4) is 5.75 Å². The zero-order valence-corrected chi connectivity index (χ0v) is 7.64. The van der Waals surface area contributed by atoms with Gasteiger partial charge in [-0.15, -0.1) is 0 Å². The monoisotopic (exact) mass is 195 g/mol. The fourth-order valence-corrected chi connectivity index (χ4v) is 0.924. The predicted molar refractivity (Wildman–Crippen MR) is 49.6 cm³/mol. The van der Waals surface area contributed by atoms with Crippen molar-refractivity contribution in [3.63, 3.8) is 0 Å². The fraction of sp³-hybridized carbons (Fsp3) is 0.125. The third kappa shape index (κ3) is 2.44. The number of hydrazone groups is 1. The smallest absolute Gasteiger partial charge is 0.332 e. The van der Waals surface area contributed by atoms with E-state index < -0.39 is 6.03 Å². The lowest BCUT2D eigenvalue weighted by molar-refractivity contribution is -0.672. The quantitative estimate of drug-likeness (QED) is 0.328. The third-order valence-electron chi connectivity index (χ3n) is 1.57. The topological polar surface area (TPSA) is 91.6 Å². The van der Waals surface area contributed by atoms with Gasteiger partial charge in [0.25, 0.3) is 5.69 Å². The Kier molecular flexibility index (Phi) is 3.01. The standard InChI is InChI=1S/C8H10N4O2/c1-12-4-2-3-7(13)6(12)5-10-11-8(9)14/h2-5H,1H3,(H3,9,13,14)/p+1. The van der Waals surface area contributed by atoms with Crippen molar-refractivity contribution < 1.29 is 14.5 Å². The van der Waals surface area contributed by atoms with E-state index in [2.05, 4.69) is 5.10 Å². The van der Waals surface area contributed by atoms with Gasteiger partial charge in [0.05, 0.1) is 0 Å². The molecule has 0 saturated carbocycles. The molecular formula is C8H11N4O2+. The minimum atomic E-state index is -0.751. The summed E-state index contributed by atoms with van der Waals surface area (Å²) in [6.07, 6.45) is 3.05. The molecule has 74 valence electrons. The Labute approximate surface area is 80.7 Å². The first-order valence-electron chi connectivity index (χ1n) is 3.87. The summed E-state index contributed by atoms with van der Waals surface area (Å²) in [4.78, 5) is 10.3. The summed E-state index contributed by atoms with van der Waals surface area (Å²) in [5.74, 6) is 0.0741. The summed E-state index contributed by atoms with van der Waals surface area (Å²) in [6, 6.07) is 2.46. The minimum absolute atomic E-state index is 0.0741. The van der Waals surface area contributed by atoms with E-state index in [1.54, 1.807) is 23.9 Å². The van der Waals surface area contributed by atoms with E-state index >= 15 is 0 Å². The number of amides is 2. The first-order chi connectivity index (χ1) is 6.61. The van der Waals surface area contributed by atoms with E-state index in [0.717, 1.165) is 0 Å².